The van der Waals surface area contributed by atoms with Crippen LogP contribution in [-0.4, -0.2) is 344 Å². The zero-order valence-corrected chi connectivity index (χ0v) is 79.8. The van der Waals surface area contributed by atoms with Crippen LogP contribution >= 0.6 is 16.2 Å². The standard InChI is InChI=1S/C84H112O31P2.C8H12.BF4.Rh/c1-85-39-53-61-67(89-5)74(96-12)80(103-53)110-63-55(41-87-3)105-82(76(98-14)69(63)91-7)112-65-57(43-101-117-114-51-37-35-45-27-23-25-33-49(45)59(51)60-50-34-26-24-28-46(50)36-38-52(60)115-117)106-83(77(99-15)71(65)93-9)113-66-58(44-116(47-29-19-17-20-30-47)48-31-21-18-22-32-48)107-84(78(100-16)72(66)94-10)111-64-56(42-88-4)104-81(75(97-13)70(64)92-8)109-62-54(40-86-2)102-79(108-61)73(95-11)68(62)90-6;1-2-4-6-8-7-5-3-1;2-1(3,4)5;/h17-38,53-58,61-84H,39-44H2,1-16H3;1-2,7-8H,3-6H2;;/q;;-1;/t53-,54-,55-,56-,57-,58-,61-,62-,63-,64-,65-,66-,67+,68+,69+,70+,71+,72+,73-,74-,75-,76-,77-,78-,79-,80-,81-,82-,83-,84-;;;/m1.../s1. The molecule has 30 rings (SSSR count). The van der Waals surface area contributed by atoms with Gasteiger partial charge in [-0.15, -0.1) is 0 Å². The third kappa shape index (κ3) is 25.0. The number of benzene rings is 6. The molecule has 0 spiro atoms. The Kier molecular flexibility index (Phi) is 41.3. The fraction of sp³-hybridized carbons (Fsp3) is 0.609. The maximum absolute atomic E-state index is 9.75. The van der Waals surface area contributed by atoms with Crippen molar-refractivity contribution >= 4 is 77.5 Å². The summed E-state index contributed by atoms with van der Waals surface area (Å²) in [5, 5.41) is 7.72. The maximum Gasteiger partial charge on any atom is 0.673 e. The molecule has 1 saturated carbocycles. The van der Waals surface area contributed by atoms with Crippen molar-refractivity contribution in [3.05, 3.63) is 159 Å². The normalized spacial score (nSPS) is 34.5. The van der Waals surface area contributed by atoms with Crippen molar-refractivity contribution in [3.8, 4) is 0 Å². The van der Waals surface area contributed by atoms with E-state index in [1.807, 2.05) is 84.9 Å². The van der Waals surface area contributed by atoms with Gasteiger partial charge >= 0.3 is 15.5 Å². The number of rotatable bonds is 27. The molecule has 23 aliphatic rings. The van der Waals surface area contributed by atoms with E-state index in [2.05, 4.69) is 74.2 Å². The van der Waals surface area contributed by atoms with Gasteiger partial charge in [-0.1, -0.05) is 121 Å². The molecule has 1 aromatic heterocycles. The van der Waals surface area contributed by atoms with Crippen molar-refractivity contribution in [3.63, 3.8) is 0 Å². The molecule has 30 atom stereocenters. The third-order valence-corrected chi connectivity index (χ3v) is 28.1. The molecule has 131 heavy (non-hydrogen) atoms. The summed E-state index contributed by atoms with van der Waals surface area (Å²) in [5.74, 6) is 0. The smallest absolute Gasteiger partial charge is 0.418 e. The van der Waals surface area contributed by atoms with Crippen molar-refractivity contribution in [2.45, 2.75) is 210 Å². The zero-order chi connectivity index (χ0) is 92.1. The monoisotopic (exact) mass is 1980 g/mol. The number of ether oxygens (including phenoxy) is 28. The van der Waals surface area contributed by atoms with Crippen LogP contribution in [0.3, 0.4) is 0 Å². The van der Waals surface area contributed by atoms with Gasteiger partial charge < -0.3 is 158 Å². The molecule has 22 aliphatic heterocycles. The number of fused-ring (bicyclic) bond motifs is 7. The molecule has 5 radical (unpaired) electrons. The molecule has 1 aliphatic carbocycles. The van der Waals surface area contributed by atoms with Crippen molar-refractivity contribution < 1.29 is 182 Å². The van der Waals surface area contributed by atoms with Gasteiger partial charge in [0.2, 0.25) is 0 Å². The quantitative estimate of drug-likeness (QED) is 0.0262. The fourth-order valence-corrected chi connectivity index (χ4v) is 22.0. The van der Waals surface area contributed by atoms with Crippen LogP contribution in [0.1, 0.15) is 25.7 Å². The molecule has 31 nitrogen and oxygen atoms in total. The molecule has 729 valence electrons. The summed E-state index contributed by atoms with van der Waals surface area (Å²) in [6, 6.07) is 44.8. The SMILES string of the molecule is COC[C@H]1O[C@@H]2O[C@H]3[C@H](OC)[C@@H](OC)[C@@H](O[C@H]4[C@H](OC)[C@@H](OC)[C@@H](O[C@H]5[C@H](OC)[C@@H](OC)[C@@H](O[C@H]6[C@H](OC)[C@@H](OC)[C@@H](O[C@H]7[C@H](OC)[C@@H](OC)[C@@H](O[C@H]1[C@H](OC)[C@H]2OC)O[C@@H]7COC)O[C@@H]6COC)O[C@@H]5CP(c1ccccc1)c1ccccc1)O[C@@H]4COp1oc2ccc4ccccc4c2c2c(ccc4ccccc42)o1)O[C@@H]3COC.F[B-](F)(F)F.[CH]1[CH]CC[CH][CH]CC1.[Rh]. The second-order valence-corrected chi connectivity index (χ2v) is 35.3. The first kappa shape index (κ1) is 105. The predicted octanol–water partition coefficient (Wildman–Crippen LogP) is 11.3. The van der Waals surface area contributed by atoms with Crippen LogP contribution in [0, 0.1) is 25.7 Å². The zero-order valence-electron chi connectivity index (χ0n) is 76.4. The Hall–Kier alpha value is -4.58. The molecular weight excluding hydrogens is 1850 g/mol. The van der Waals surface area contributed by atoms with E-state index in [0.29, 0.717) is 17.3 Å². The molecule has 0 unspecified atom stereocenters. The Morgan fingerprint density at radius 1 is 0.290 bits per heavy atom. The Morgan fingerprint density at radius 3 is 0.786 bits per heavy atom. The second kappa shape index (κ2) is 51.4. The van der Waals surface area contributed by atoms with Crippen molar-refractivity contribution in [2.75, 3.05) is 153 Å². The van der Waals surface area contributed by atoms with Crippen LogP contribution in [-0.2, 0) is 152 Å². The minimum atomic E-state index is -6.00. The minimum absolute atomic E-state index is 0. The number of halogens is 4. The van der Waals surface area contributed by atoms with E-state index >= 15 is 0 Å². The van der Waals surface area contributed by atoms with Gasteiger partial charge in [0, 0.05) is 150 Å². The van der Waals surface area contributed by atoms with Gasteiger partial charge in [0.1, 0.15) is 152 Å². The van der Waals surface area contributed by atoms with E-state index in [1.165, 1.54) is 89.7 Å². The molecule has 0 amide bonds. The first-order chi connectivity index (χ1) is 63.3. The van der Waals surface area contributed by atoms with E-state index in [4.69, 9.17) is 146 Å². The largest absolute Gasteiger partial charge is 0.673 e. The minimum Gasteiger partial charge on any atom is -0.418 e. The van der Waals surface area contributed by atoms with E-state index in [-0.39, 0.29) is 52.5 Å². The summed E-state index contributed by atoms with van der Waals surface area (Å²) in [6.07, 6.45) is -18.1. The Balaban J connectivity index is 0.00000102. The average Bonchev–Trinajstić information content (AvgIpc) is 1.69. The Morgan fingerprint density at radius 2 is 0.527 bits per heavy atom. The molecule has 0 N–H and O–H groups in total. The van der Waals surface area contributed by atoms with Crippen molar-refractivity contribution in [2.24, 2.45) is 0 Å². The van der Waals surface area contributed by atoms with Gasteiger partial charge in [-0.05, 0) is 104 Å². The number of hydrogen-bond donors (Lipinski definition) is 0. The molecule has 12 bridgehead atoms. The van der Waals surface area contributed by atoms with E-state index in [1.54, 1.807) is 49.8 Å². The molecule has 23 heterocycles. The van der Waals surface area contributed by atoms with Crippen LogP contribution in [0.25, 0.3) is 43.5 Å². The first-order valence-corrected chi connectivity index (χ1v) is 46.0. The van der Waals surface area contributed by atoms with E-state index < -0.39 is 208 Å². The molecule has 23 fully saturated rings. The topological polar surface area (TPSA) is 294 Å². The summed E-state index contributed by atoms with van der Waals surface area (Å²) >= 11 is 0. The van der Waals surface area contributed by atoms with Gasteiger partial charge in [-0.3, -0.25) is 4.52 Å². The maximum atomic E-state index is 9.75. The van der Waals surface area contributed by atoms with Crippen LogP contribution in [0.4, 0.5) is 17.3 Å². The first-order valence-electron chi connectivity index (χ1n) is 43.3. The van der Waals surface area contributed by atoms with Gasteiger partial charge in [0.15, 0.2) is 37.7 Å². The van der Waals surface area contributed by atoms with Crippen LogP contribution in [0.2, 0.25) is 0 Å². The molecule has 7 aromatic rings. The van der Waals surface area contributed by atoms with E-state index in [0.717, 1.165) is 42.9 Å². The van der Waals surface area contributed by atoms with Crippen LogP contribution in [0.15, 0.2) is 142 Å². The summed E-state index contributed by atoms with van der Waals surface area (Å²) in [6.45, 7) is -0.480. The van der Waals surface area contributed by atoms with Gasteiger partial charge in [0.25, 0.3) is 0 Å². The summed E-state index contributed by atoms with van der Waals surface area (Å²) in [4.78, 5) is 0. The summed E-state index contributed by atoms with van der Waals surface area (Å²) < 4.78 is 249. The van der Waals surface area contributed by atoms with Crippen molar-refractivity contribution in [1.82, 2.24) is 0 Å². The molecule has 39 heteroatoms. The van der Waals surface area contributed by atoms with Crippen LogP contribution < -0.4 is 15.1 Å². The second-order valence-electron chi connectivity index (χ2n) is 32.0. The van der Waals surface area contributed by atoms with Gasteiger partial charge in [-0.25, -0.2) is 0 Å². The third-order valence-electron chi connectivity index (χ3n) is 24.4. The predicted molar refractivity (Wildman–Crippen MR) is 471 cm³/mol. The molecular formula is C92H124BF4O31P2Rh-. The number of methoxy groups -OCH3 is 16. The van der Waals surface area contributed by atoms with E-state index in [9.17, 15) is 17.3 Å². The fourth-order valence-electron chi connectivity index (χ4n) is 18.6. The Bertz CT molecular complexity index is 4390. The summed E-state index contributed by atoms with van der Waals surface area (Å²) in [5.41, 5.74) is 1.08. The summed E-state index contributed by atoms with van der Waals surface area (Å²) in [7, 11) is 15.0. The molecule has 6 aromatic carbocycles. The average molecular weight is 1980 g/mol. The van der Waals surface area contributed by atoms with Crippen molar-refractivity contribution in [1.29, 1.82) is 0 Å². The van der Waals surface area contributed by atoms with Gasteiger partial charge in [-0.2, -0.15) is 0 Å². The van der Waals surface area contributed by atoms with Crippen LogP contribution in [0.5, 0.6) is 0 Å². The van der Waals surface area contributed by atoms with Gasteiger partial charge in [0.05, 0.1) is 39.1 Å². The Labute approximate surface area is 777 Å². The number of hydrogen-bond acceptors (Lipinski definition) is 31. The molecule has 22 saturated heterocycles.